The molecule has 1 aromatic rings. The highest BCUT2D eigenvalue weighted by molar-refractivity contribution is 8.01. The predicted molar refractivity (Wildman–Crippen MR) is 81.8 cm³/mol. The monoisotopic (exact) mass is 308 g/mol. The molecule has 2 aliphatic rings. The normalized spacial score (nSPS) is 29.5. The van der Waals surface area contributed by atoms with Crippen LogP contribution in [0.5, 0.6) is 0 Å². The summed E-state index contributed by atoms with van der Waals surface area (Å²) in [5, 5.41) is 22.5. The maximum absolute atomic E-state index is 9.64. The molecule has 0 aromatic carbocycles. The van der Waals surface area contributed by atoms with Gasteiger partial charge >= 0.3 is 0 Å². The average Bonchev–Trinajstić information content (AvgIpc) is 3.01. The molecule has 1 aromatic heterocycles. The molecule has 2 fully saturated rings. The van der Waals surface area contributed by atoms with Crippen LogP contribution in [-0.4, -0.2) is 27.5 Å². The zero-order chi connectivity index (χ0) is 14.0. The number of aromatic nitrogens is 2. The average molecular weight is 308 g/mol. The van der Waals surface area contributed by atoms with Crippen LogP contribution in [-0.2, 0) is 0 Å². The maximum atomic E-state index is 9.64. The molecule has 4 nitrogen and oxygen atoms in total. The second kappa shape index (κ2) is 6.00. The van der Waals surface area contributed by atoms with Crippen molar-refractivity contribution in [1.29, 1.82) is 5.26 Å². The van der Waals surface area contributed by atoms with Crippen LogP contribution < -0.4 is 5.32 Å². The van der Waals surface area contributed by atoms with Gasteiger partial charge in [0.05, 0.1) is 6.07 Å². The minimum atomic E-state index is -0.251. The molecule has 0 aliphatic heterocycles. The minimum Gasteiger partial charge on any atom is -0.296 e. The molecular formula is C14H20N4S2. The lowest BCUT2D eigenvalue weighted by atomic mass is 9.86. The van der Waals surface area contributed by atoms with Crippen molar-refractivity contribution in [3.8, 4) is 6.07 Å². The summed E-state index contributed by atoms with van der Waals surface area (Å²) in [5.74, 6) is 1.53. The number of nitrogens with zero attached hydrogens (tertiary/aromatic N) is 3. The first-order valence-electron chi connectivity index (χ1n) is 7.34. The van der Waals surface area contributed by atoms with Gasteiger partial charge in [-0.3, -0.25) is 5.32 Å². The summed E-state index contributed by atoms with van der Waals surface area (Å²) in [7, 11) is 0. The Labute approximate surface area is 128 Å². The smallest absolute Gasteiger partial charge is 0.174 e. The molecule has 2 saturated carbocycles. The zero-order valence-electron chi connectivity index (χ0n) is 11.8. The van der Waals surface area contributed by atoms with E-state index in [1.54, 1.807) is 23.1 Å². The van der Waals surface area contributed by atoms with Gasteiger partial charge in [0.15, 0.2) is 4.34 Å². The minimum absolute atomic E-state index is 0.251. The van der Waals surface area contributed by atoms with Gasteiger partial charge in [-0.2, -0.15) is 5.26 Å². The van der Waals surface area contributed by atoms with Crippen molar-refractivity contribution in [2.24, 2.45) is 5.92 Å². The van der Waals surface area contributed by atoms with Crippen LogP contribution in [0.25, 0.3) is 0 Å². The predicted octanol–water partition coefficient (Wildman–Crippen LogP) is 3.14. The first-order valence-corrected chi connectivity index (χ1v) is 9.14. The highest BCUT2D eigenvalue weighted by atomic mass is 32.2. The summed E-state index contributed by atoms with van der Waals surface area (Å²) in [5.41, 5.74) is -0.251. The van der Waals surface area contributed by atoms with Gasteiger partial charge in [0, 0.05) is 11.8 Å². The largest absolute Gasteiger partial charge is 0.296 e. The Bertz CT molecular complexity index is 506. The second-order valence-corrected chi connectivity index (χ2v) is 8.34. The van der Waals surface area contributed by atoms with Crippen molar-refractivity contribution >= 4 is 23.1 Å². The molecule has 2 aliphatic carbocycles. The number of nitriles is 1. The van der Waals surface area contributed by atoms with E-state index in [9.17, 15) is 5.26 Å². The number of aryl methyl sites for hydroxylation is 1. The van der Waals surface area contributed by atoms with Gasteiger partial charge < -0.3 is 0 Å². The van der Waals surface area contributed by atoms with Crippen molar-refractivity contribution < 1.29 is 0 Å². The summed E-state index contributed by atoms with van der Waals surface area (Å²) in [6, 6.07) is 3.21. The lowest BCUT2D eigenvalue weighted by molar-refractivity contribution is 0.308. The molecule has 6 heteroatoms. The molecule has 0 radical (unpaired) electrons. The third-order valence-corrected chi connectivity index (χ3v) is 6.26. The van der Waals surface area contributed by atoms with E-state index < -0.39 is 0 Å². The van der Waals surface area contributed by atoms with Crippen molar-refractivity contribution in [2.75, 3.05) is 5.75 Å². The summed E-state index contributed by atoms with van der Waals surface area (Å²) >= 11 is 3.44. The SMILES string of the molecule is Cc1nnc(SCCC2CCCC2(C#N)NC2CC2)s1. The molecule has 108 valence electrons. The molecule has 2 unspecified atom stereocenters. The first kappa shape index (κ1) is 14.3. The topological polar surface area (TPSA) is 61.6 Å². The number of thioether (sulfide) groups is 1. The van der Waals surface area contributed by atoms with Crippen LogP contribution in [0.1, 0.15) is 43.5 Å². The fraction of sp³-hybridized carbons (Fsp3) is 0.786. The molecule has 3 rings (SSSR count). The molecule has 0 saturated heterocycles. The van der Waals surface area contributed by atoms with Gasteiger partial charge in [-0.15, -0.1) is 10.2 Å². The first-order chi connectivity index (χ1) is 9.72. The number of rotatable bonds is 6. The summed E-state index contributed by atoms with van der Waals surface area (Å²) in [6.07, 6.45) is 6.97. The third-order valence-electron chi connectivity index (χ3n) is 4.26. The van der Waals surface area contributed by atoms with Gasteiger partial charge in [0.1, 0.15) is 10.5 Å². The maximum Gasteiger partial charge on any atom is 0.174 e. The summed E-state index contributed by atoms with van der Waals surface area (Å²) in [6.45, 7) is 1.99. The number of hydrogen-bond donors (Lipinski definition) is 1. The van der Waals surface area contributed by atoms with E-state index in [4.69, 9.17) is 0 Å². The van der Waals surface area contributed by atoms with E-state index >= 15 is 0 Å². The molecule has 0 bridgehead atoms. The van der Waals surface area contributed by atoms with Crippen molar-refractivity contribution in [2.45, 2.75) is 61.4 Å². The van der Waals surface area contributed by atoms with Crippen LogP contribution in [0.15, 0.2) is 4.34 Å². The third kappa shape index (κ3) is 3.16. The van der Waals surface area contributed by atoms with E-state index in [-0.39, 0.29) is 5.54 Å². The molecule has 20 heavy (non-hydrogen) atoms. The number of nitrogens with one attached hydrogen (secondary N) is 1. The van der Waals surface area contributed by atoms with Crippen LogP contribution >= 0.6 is 23.1 Å². The van der Waals surface area contributed by atoms with Crippen LogP contribution in [0.3, 0.4) is 0 Å². The van der Waals surface area contributed by atoms with Gasteiger partial charge in [-0.1, -0.05) is 29.5 Å². The Hall–Kier alpha value is -0.640. The van der Waals surface area contributed by atoms with Gasteiger partial charge in [0.2, 0.25) is 0 Å². The highest BCUT2D eigenvalue weighted by Crippen LogP contribution is 2.41. The Morgan fingerprint density at radius 3 is 2.95 bits per heavy atom. The Balaban J connectivity index is 1.54. The lowest BCUT2D eigenvalue weighted by Gasteiger charge is -2.30. The Morgan fingerprint density at radius 1 is 1.45 bits per heavy atom. The summed E-state index contributed by atoms with van der Waals surface area (Å²) < 4.78 is 1.05. The standard InChI is InChI=1S/C14H20N4S2/c1-10-17-18-13(20-10)19-8-6-11-3-2-7-14(11,9-15)16-12-4-5-12/h11-12,16H,2-8H2,1H3. The van der Waals surface area contributed by atoms with Gasteiger partial charge in [-0.05, 0) is 44.9 Å². The Morgan fingerprint density at radius 2 is 2.30 bits per heavy atom. The number of hydrogen-bond acceptors (Lipinski definition) is 6. The Kier molecular flexibility index (Phi) is 4.29. The molecule has 1 N–H and O–H groups in total. The van der Waals surface area contributed by atoms with Crippen LogP contribution in [0.4, 0.5) is 0 Å². The fourth-order valence-corrected chi connectivity index (χ4v) is 4.99. The van der Waals surface area contributed by atoms with Gasteiger partial charge in [0.25, 0.3) is 0 Å². The van der Waals surface area contributed by atoms with Crippen LogP contribution in [0.2, 0.25) is 0 Å². The molecule has 0 spiro atoms. The summed E-state index contributed by atoms with van der Waals surface area (Å²) in [4.78, 5) is 0. The van der Waals surface area contributed by atoms with E-state index in [1.807, 2.05) is 6.92 Å². The van der Waals surface area contributed by atoms with E-state index in [0.717, 1.165) is 27.9 Å². The van der Waals surface area contributed by atoms with Gasteiger partial charge in [-0.25, -0.2) is 0 Å². The lowest BCUT2D eigenvalue weighted by Crippen LogP contribution is -2.48. The van der Waals surface area contributed by atoms with E-state index in [0.29, 0.717) is 12.0 Å². The van der Waals surface area contributed by atoms with Crippen molar-refractivity contribution in [3.05, 3.63) is 5.01 Å². The zero-order valence-corrected chi connectivity index (χ0v) is 13.4. The van der Waals surface area contributed by atoms with E-state index in [2.05, 4.69) is 21.6 Å². The second-order valence-electron chi connectivity index (χ2n) is 5.82. The fourth-order valence-electron chi connectivity index (χ4n) is 3.06. The van der Waals surface area contributed by atoms with Crippen LogP contribution in [0, 0.1) is 24.2 Å². The molecular weight excluding hydrogens is 288 g/mol. The van der Waals surface area contributed by atoms with E-state index in [1.165, 1.54) is 25.7 Å². The van der Waals surface area contributed by atoms with Crippen molar-refractivity contribution in [1.82, 2.24) is 15.5 Å². The highest BCUT2D eigenvalue weighted by Gasteiger charge is 2.45. The molecule has 2 atom stereocenters. The molecule has 0 amide bonds. The van der Waals surface area contributed by atoms with Crippen molar-refractivity contribution in [3.63, 3.8) is 0 Å². The quantitative estimate of drug-likeness (QED) is 0.818. The molecule has 1 heterocycles.